The van der Waals surface area contributed by atoms with Crippen molar-refractivity contribution in [3.05, 3.63) is 65.5 Å². The molecule has 124 valence electrons. The highest BCUT2D eigenvalue weighted by Crippen LogP contribution is 2.27. The molecule has 0 saturated carbocycles. The SMILES string of the molecule is Cc1ccc(CNC(=O)[C@H]2CC(=O)N(c3ccccc3F)C2)cc1. The summed E-state index contributed by atoms with van der Waals surface area (Å²) >= 11 is 0. The van der Waals surface area contributed by atoms with Crippen LogP contribution in [-0.2, 0) is 16.1 Å². The van der Waals surface area contributed by atoms with Crippen molar-refractivity contribution in [2.75, 3.05) is 11.4 Å². The van der Waals surface area contributed by atoms with Gasteiger partial charge in [-0.05, 0) is 24.6 Å². The molecule has 2 aromatic rings. The lowest BCUT2D eigenvalue weighted by atomic mass is 10.1. The molecule has 0 bridgehead atoms. The average molecular weight is 326 g/mol. The van der Waals surface area contributed by atoms with Gasteiger partial charge in [0, 0.05) is 19.5 Å². The molecule has 1 aliphatic rings. The van der Waals surface area contributed by atoms with Gasteiger partial charge in [-0.15, -0.1) is 0 Å². The number of halogens is 1. The van der Waals surface area contributed by atoms with Crippen molar-refractivity contribution in [3.8, 4) is 0 Å². The lowest BCUT2D eigenvalue weighted by Gasteiger charge is -2.17. The van der Waals surface area contributed by atoms with Crippen LogP contribution in [-0.4, -0.2) is 18.4 Å². The van der Waals surface area contributed by atoms with Crippen LogP contribution in [0, 0.1) is 18.7 Å². The van der Waals surface area contributed by atoms with E-state index in [9.17, 15) is 14.0 Å². The highest BCUT2D eigenvalue weighted by atomic mass is 19.1. The van der Waals surface area contributed by atoms with E-state index in [4.69, 9.17) is 0 Å². The maximum absolute atomic E-state index is 13.9. The zero-order valence-electron chi connectivity index (χ0n) is 13.5. The van der Waals surface area contributed by atoms with E-state index in [1.165, 1.54) is 11.0 Å². The summed E-state index contributed by atoms with van der Waals surface area (Å²) in [5.74, 6) is -1.31. The van der Waals surface area contributed by atoms with Crippen molar-refractivity contribution in [1.29, 1.82) is 0 Å². The fourth-order valence-corrected chi connectivity index (χ4v) is 2.83. The highest BCUT2D eigenvalue weighted by molar-refractivity contribution is 6.00. The smallest absolute Gasteiger partial charge is 0.227 e. The first-order valence-corrected chi connectivity index (χ1v) is 7.93. The predicted octanol–water partition coefficient (Wildman–Crippen LogP) is 2.80. The van der Waals surface area contributed by atoms with Crippen LogP contribution in [0.3, 0.4) is 0 Å². The van der Waals surface area contributed by atoms with Crippen LogP contribution in [0.15, 0.2) is 48.5 Å². The molecule has 1 saturated heterocycles. The molecule has 0 unspecified atom stereocenters. The standard InChI is InChI=1S/C19H19FN2O2/c1-13-6-8-14(9-7-13)11-21-19(24)15-10-18(23)22(12-15)17-5-3-2-4-16(17)20/h2-9,15H,10-12H2,1H3,(H,21,24)/t15-/m0/s1. The summed E-state index contributed by atoms with van der Waals surface area (Å²) < 4.78 is 13.9. The van der Waals surface area contributed by atoms with Gasteiger partial charge in [-0.3, -0.25) is 9.59 Å². The maximum Gasteiger partial charge on any atom is 0.227 e. The molecule has 24 heavy (non-hydrogen) atoms. The lowest BCUT2D eigenvalue weighted by Crippen LogP contribution is -2.32. The van der Waals surface area contributed by atoms with Gasteiger partial charge in [0.05, 0.1) is 11.6 Å². The topological polar surface area (TPSA) is 49.4 Å². The molecule has 0 aliphatic carbocycles. The fourth-order valence-electron chi connectivity index (χ4n) is 2.83. The minimum absolute atomic E-state index is 0.105. The van der Waals surface area contributed by atoms with Crippen molar-refractivity contribution >= 4 is 17.5 Å². The minimum atomic E-state index is -0.456. The molecule has 1 fully saturated rings. The maximum atomic E-state index is 13.9. The van der Waals surface area contributed by atoms with E-state index in [1.807, 2.05) is 31.2 Å². The van der Waals surface area contributed by atoms with Crippen LogP contribution < -0.4 is 10.2 Å². The molecule has 3 rings (SSSR count). The Morgan fingerprint density at radius 2 is 1.92 bits per heavy atom. The Morgan fingerprint density at radius 3 is 2.62 bits per heavy atom. The van der Waals surface area contributed by atoms with Gasteiger partial charge < -0.3 is 10.2 Å². The number of carbonyl (C=O) groups excluding carboxylic acids is 2. The average Bonchev–Trinajstić information content (AvgIpc) is 2.96. The van der Waals surface area contributed by atoms with Gasteiger partial charge in [0.15, 0.2) is 0 Å². The second-order valence-corrected chi connectivity index (χ2v) is 6.06. The third-order valence-corrected chi connectivity index (χ3v) is 4.23. The zero-order chi connectivity index (χ0) is 17.1. The Hall–Kier alpha value is -2.69. The highest BCUT2D eigenvalue weighted by Gasteiger charge is 2.35. The summed E-state index contributed by atoms with van der Waals surface area (Å²) in [5, 5.41) is 2.86. The third-order valence-electron chi connectivity index (χ3n) is 4.23. The van der Waals surface area contributed by atoms with Crippen molar-refractivity contribution in [1.82, 2.24) is 5.32 Å². The molecule has 1 aliphatic heterocycles. The monoisotopic (exact) mass is 326 g/mol. The van der Waals surface area contributed by atoms with Crippen LogP contribution in [0.2, 0.25) is 0 Å². The van der Waals surface area contributed by atoms with Crippen molar-refractivity contribution < 1.29 is 14.0 Å². The summed E-state index contributed by atoms with van der Waals surface area (Å²) in [5.41, 5.74) is 2.40. The van der Waals surface area contributed by atoms with E-state index >= 15 is 0 Å². The van der Waals surface area contributed by atoms with Gasteiger partial charge in [-0.2, -0.15) is 0 Å². The van der Waals surface area contributed by atoms with Crippen LogP contribution in [0.1, 0.15) is 17.5 Å². The van der Waals surface area contributed by atoms with Gasteiger partial charge >= 0.3 is 0 Å². The Morgan fingerprint density at radius 1 is 1.21 bits per heavy atom. The Labute approximate surface area is 140 Å². The number of aryl methyl sites for hydroxylation is 1. The van der Waals surface area contributed by atoms with Gasteiger partial charge in [0.2, 0.25) is 11.8 Å². The minimum Gasteiger partial charge on any atom is -0.352 e. The molecule has 4 nitrogen and oxygen atoms in total. The lowest BCUT2D eigenvalue weighted by molar-refractivity contribution is -0.126. The number of nitrogens with one attached hydrogen (secondary N) is 1. The molecular formula is C19H19FN2O2. The van der Waals surface area contributed by atoms with Crippen molar-refractivity contribution in [2.24, 2.45) is 5.92 Å². The third kappa shape index (κ3) is 3.45. The quantitative estimate of drug-likeness (QED) is 0.939. The Bertz CT molecular complexity index is 758. The molecule has 1 heterocycles. The van der Waals surface area contributed by atoms with E-state index in [1.54, 1.807) is 18.2 Å². The van der Waals surface area contributed by atoms with E-state index in [-0.39, 0.29) is 30.5 Å². The number of rotatable bonds is 4. The largest absolute Gasteiger partial charge is 0.352 e. The number of carbonyl (C=O) groups is 2. The summed E-state index contributed by atoms with van der Waals surface area (Å²) in [7, 11) is 0. The normalized spacial score (nSPS) is 17.2. The van der Waals surface area contributed by atoms with Crippen LogP contribution in [0.5, 0.6) is 0 Å². The van der Waals surface area contributed by atoms with E-state index < -0.39 is 11.7 Å². The number of benzene rings is 2. The number of amides is 2. The molecule has 2 aromatic carbocycles. The summed E-state index contributed by atoms with van der Waals surface area (Å²) in [4.78, 5) is 25.8. The molecule has 1 atom stereocenters. The summed E-state index contributed by atoms with van der Waals surface area (Å²) in [6.45, 7) is 2.63. The van der Waals surface area contributed by atoms with E-state index in [2.05, 4.69) is 5.32 Å². The van der Waals surface area contributed by atoms with Gasteiger partial charge in [-0.25, -0.2) is 4.39 Å². The van der Waals surface area contributed by atoms with E-state index in [0.717, 1.165) is 11.1 Å². The first kappa shape index (κ1) is 16.2. The first-order valence-electron chi connectivity index (χ1n) is 7.93. The molecular weight excluding hydrogens is 307 g/mol. The predicted molar refractivity (Wildman–Crippen MR) is 89.9 cm³/mol. The molecule has 0 radical (unpaired) electrons. The van der Waals surface area contributed by atoms with Gasteiger partial charge in [0.1, 0.15) is 5.82 Å². The fraction of sp³-hybridized carbons (Fsp3) is 0.263. The van der Waals surface area contributed by atoms with Crippen LogP contribution in [0.4, 0.5) is 10.1 Å². The number of hydrogen-bond acceptors (Lipinski definition) is 2. The molecule has 1 N–H and O–H groups in total. The first-order chi connectivity index (χ1) is 11.5. The van der Waals surface area contributed by atoms with Crippen LogP contribution in [0.25, 0.3) is 0 Å². The molecule has 0 spiro atoms. The molecule has 0 aromatic heterocycles. The van der Waals surface area contributed by atoms with Crippen LogP contribution >= 0.6 is 0 Å². The number of anilines is 1. The summed E-state index contributed by atoms with van der Waals surface area (Å²) in [6.07, 6.45) is 0.105. The Kier molecular flexibility index (Phi) is 4.60. The zero-order valence-corrected chi connectivity index (χ0v) is 13.5. The van der Waals surface area contributed by atoms with Gasteiger partial charge in [0.25, 0.3) is 0 Å². The second-order valence-electron chi connectivity index (χ2n) is 6.06. The molecule has 2 amide bonds. The van der Waals surface area contributed by atoms with E-state index in [0.29, 0.717) is 6.54 Å². The summed E-state index contributed by atoms with van der Waals surface area (Å²) in [6, 6.07) is 14.0. The number of hydrogen-bond donors (Lipinski definition) is 1. The van der Waals surface area contributed by atoms with Crippen molar-refractivity contribution in [2.45, 2.75) is 19.9 Å². The number of nitrogens with zero attached hydrogens (tertiary/aromatic N) is 1. The molecule has 5 heteroatoms. The number of para-hydroxylation sites is 1. The van der Waals surface area contributed by atoms with Gasteiger partial charge in [-0.1, -0.05) is 42.0 Å². The Balaban J connectivity index is 1.62. The second kappa shape index (κ2) is 6.83. The van der Waals surface area contributed by atoms with Crippen molar-refractivity contribution in [3.63, 3.8) is 0 Å².